The maximum atomic E-state index is 11.1. The van der Waals surface area contributed by atoms with Gasteiger partial charge >= 0.3 is 5.97 Å². The van der Waals surface area contributed by atoms with Gasteiger partial charge in [-0.2, -0.15) is 0 Å². The Labute approximate surface area is 136 Å². The molecule has 0 saturated carbocycles. The largest absolute Gasteiger partial charge is 0.493 e. The van der Waals surface area contributed by atoms with E-state index in [1.165, 1.54) is 18.7 Å². The van der Waals surface area contributed by atoms with E-state index >= 15 is 0 Å². The minimum Gasteiger partial charge on any atom is -0.493 e. The van der Waals surface area contributed by atoms with Crippen molar-refractivity contribution in [2.45, 2.75) is 13.5 Å². The van der Waals surface area contributed by atoms with Crippen molar-refractivity contribution in [1.29, 1.82) is 0 Å². The van der Waals surface area contributed by atoms with Gasteiger partial charge in [-0.3, -0.25) is 0 Å². The first-order valence-electron chi connectivity index (χ1n) is 7.25. The Morgan fingerprint density at radius 2 is 1.87 bits per heavy atom. The number of benzene rings is 2. The summed E-state index contributed by atoms with van der Waals surface area (Å²) < 4.78 is 15.8. The standard InChI is InChI=1S/C19H20O4/c1-14-6-4-5-7-16(14)13-23-17-10-8-15(12-18(17)21-2)9-11-19(20)22-3/h4-12H,13H2,1-3H3. The van der Waals surface area contributed by atoms with Gasteiger partial charge in [0.1, 0.15) is 6.61 Å². The van der Waals surface area contributed by atoms with Gasteiger partial charge in [0.15, 0.2) is 11.5 Å². The van der Waals surface area contributed by atoms with Crippen molar-refractivity contribution in [3.05, 3.63) is 65.2 Å². The number of hydrogen-bond acceptors (Lipinski definition) is 4. The molecule has 0 aromatic heterocycles. The zero-order valence-corrected chi connectivity index (χ0v) is 13.5. The van der Waals surface area contributed by atoms with Crippen LogP contribution in [0.1, 0.15) is 16.7 Å². The Bertz CT molecular complexity index is 704. The van der Waals surface area contributed by atoms with Crippen LogP contribution in [0.15, 0.2) is 48.5 Å². The van der Waals surface area contributed by atoms with Gasteiger partial charge in [0.2, 0.25) is 0 Å². The molecular formula is C19H20O4. The maximum absolute atomic E-state index is 11.1. The van der Waals surface area contributed by atoms with Crippen molar-refractivity contribution in [1.82, 2.24) is 0 Å². The van der Waals surface area contributed by atoms with Gasteiger partial charge < -0.3 is 14.2 Å². The number of hydrogen-bond donors (Lipinski definition) is 0. The molecule has 0 aliphatic rings. The van der Waals surface area contributed by atoms with E-state index in [4.69, 9.17) is 9.47 Å². The maximum Gasteiger partial charge on any atom is 0.330 e. The summed E-state index contributed by atoms with van der Waals surface area (Å²) in [4.78, 5) is 11.1. The lowest BCUT2D eigenvalue weighted by Crippen LogP contribution is -1.99. The Morgan fingerprint density at radius 1 is 1.09 bits per heavy atom. The van der Waals surface area contributed by atoms with Crippen LogP contribution < -0.4 is 9.47 Å². The van der Waals surface area contributed by atoms with Gasteiger partial charge in [-0.15, -0.1) is 0 Å². The molecule has 2 rings (SSSR count). The van der Waals surface area contributed by atoms with Crippen LogP contribution in [0.2, 0.25) is 0 Å². The minimum atomic E-state index is -0.399. The van der Waals surface area contributed by atoms with Crippen LogP contribution in [0.25, 0.3) is 6.08 Å². The van der Waals surface area contributed by atoms with Gasteiger partial charge in [-0.1, -0.05) is 30.3 Å². The third-order valence-corrected chi connectivity index (χ3v) is 3.45. The van der Waals surface area contributed by atoms with Gasteiger partial charge in [0, 0.05) is 6.08 Å². The fraction of sp³-hybridized carbons (Fsp3) is 0.211. The van der Waals surface area contributed by atoms with Crippen molar-refractivity contribution in [2.75, 3.05) is 14.2 Å². The molecule has 0 N–H and O–H groups in total. The summed E-state index contributed by atoms with van der Waals surface area (Å²) in [7, 11) is 2.93. The van der Waals surface area contributed by atoms with E-state index in [0.717, 1.165) is 11.1 Å². The van der Waals surface area contributed by atoms with Gasteiger partial charge in [-0.25, -0.2) is 4.79 Å². The molecule has 0 unspecified atom stereocenters. The van der Waals surface area contributed by atoms with Gasteiger partial charge in [0.25, 0.3) is 0 Å². The fourth-order valence-electron chi connectivity index (χ4n) is 2.07. The minimum absolute atomic E-state index is 0.399. The molecule has 0 aliphatic heterocycles. The number of ether oxygens (including phenoxy) is 3. The average molecular weight is 312 g/mol. The van der Waals surface area contributed by atoms with Crippen molar-refractivity contribution < 1.29 is 19.0 Å². The first kappa shape index (κ1) is 16.6. The normalized spacial score (nSPS) is 10.6. The second-order valence-electron chi connectivity index (χ2n) is 4.98. The lowest BCUT2D eigenvalue weighted by atomic mass is 10.1. The number of methoxy groups -OCH3 is 2. The third kappa shape index (κ3) is 4.61. The Hall–Kier alpha value is -2.75. The predicted octanol–water partition coefficient (Wildman–Crippen LogP) is 3.77. The molecule has 2 aromatic rings. The number of esters is 1. The first-order valence-corrected chi connectivity index (χ1v) is 7.25. The Morgan fingerprint density at radius 3 is 2.57 bits per heavy atom. The molecule has 0 spiro atoms. The Kier molecular flexibility index (Phi) is 5.80. The summed E-state index contributed by atoms with van der Waals surface area (Å²) >= 11 is 0. The summed E-state index contributed by atoms with van der Waals surface area (Å²) in [5, 5.41) is 0. The van der Waals surface area contributed by atoms with Crippen molar-refractivity contribution in [3.63, 3.8) is 0 Å². The molecule has 23 heavy (non-hydrogen) atoms. The highest BCUT2D eigenvalue weighted by atomic mass is 16.5. The lowest BCUT2D eigenvalue weighted by Gasteiger charge is -2.12. The topological polar surface area (TPSA) is 44.8 Å². The molecule has 2 aromatic carbocycles. The molecule has 0 aliphatic carbocycles. The van der Waals surface area contributed by atoms with E-state index in [-0.39, 0.29) is 0 Å². The zero-order valence-electron chi connectivity index (χ0n) is 13.5. The number of rotatable bonds is 6. The van der Waals surface area contributed by atoms with Crippen molar-refractivity contribution in [2.24, 2.45) is 0 Å². The fourth-order valence-corrected chi connectivity index (χ4v) is 2.07. The molecule has 120 valence electrons. The summed E-state index contributed by atoms with van der Waals surface area (Å²) in [6, 6.07) is 13.6. The van der Waals surface area contributed by atoms with E-state index in [1.54, 1.807) is 13.2 Å². The molecule has 0 heterocycles. The predicted molar refractivity (Wildman–Crippen MR) is 89.6 cm³/mol. The SMILES string of the molecule is COC(=O)C=Cc1ccc(OCc2ccccc2C)c(OC)c1. The second kappa shape index (κ2) is 8.03. The lowest BCUT2D eigenvalue weighted by molar-refractivity contribution is -0.134. The highest BCUT2D eigenvalue weighted by Crippen LogP contribution is 2.29. The average Bonchev–Trinajstić information content (AvgIpc) is 2.59. The van der Waals surface area contributed by atoms with Crippen LogP contribution in [0.3, 0.4) is 0 Å². The zero-order chi connectivity index (χ0) is 16.7. The Balaban J connectivity index is 2.12. The van der Waals surface area contributed by atoms with Crippen LogP contribution in [0.5, 0.6) is 11.5 Å². The van der Waals surface area contributed by atoms with E-state index < -0.39 is 5.97 Å². The number of carbonyl (C=O) groups is 1. The van der Waals surface area contributed by atoms with Crippen molar-refractivity contribution in [3.8, 4) is 11.5 Å². The molecule has 0 bridgehead atoms. The summed E-state index contributed by atoms with van der Waals surface area (Å²) in [6.07, 6.45) is 3.03. The second-order valence-corrected chi connectivity index (χ2v) is 4.98. The highest BCUT2D eigenvalue weighted by Gasteiger charge is 2.06. The summed E-state index contributed by atoms with van der Waals surface area (Å²) in [6.45, 7) is 2.52. The van der Waals surface area contributed by atoms with Crippen LogP contribution in [0, 0.1) is 6.92 Å². The monoisotopic (exact) mass is 312 g/mol. The van der Waals surface area contributed by atoms with Crippen molar-refractivity contribution >= 4 is 12.0 Å². The smallest absolute Gasteiger partial charge is 0.330 e. The molecule has 0 atom stereocenters. The molecular weight excluding hydrogens is 292 g/mol. The van der Waals surface area contributed by atoms with Gasteiger partial charge in [-0.05, 0) is 41.8 Å². The van der Waals surface area contributed by atoms with E-state index in [0.29, 0.717) is 18.1 Å². The third-order valence-electron chi connectivity index (χ3n) is 3.45. The van der Waals surface area contributed by atoms with E-state index in [2.05, 4.69) is 17.7 Å². The van der Waals surface area contributed by atoms with Crippen LogP contribution in [-0.2, 0) is 16.1 Å². The van der Waals surface area contributed by atoms with Crippen LogP contribution >= 0.6 is 0 Å². The molecule has 0 fully saturated rings. The number of aryl methyl sites for hydroxylation is 1. The molecule has 4 heteroatoms. The van der Waals surface area contributed by atoms with Crippen LogP contribution in [-0.4, -0.2) is 20.2 Å². The first-order chi connectivity index (χ1) is 11.1. The quantitative estimate of drug-likeness (QED) is 0.601. The van der Waals surface area contributed by atoms with Crippen LogP contribution in [0.4, 0.5) is 0 Å². The molecule has 0 saturated heterocycles. The number of carbonyl (C=O) groups excluding carboxylic acids is 1. The summed E-state index contributed by atoms with van der Waals surface area (Å²) in [5.41, 5.74) is 3.14. The molecule has 0 radical (unpaired) electrons. The van der Waals surface area contributed by atoms with E-state index in [9.17, 15) is 4.79 Å². The molecule has 0 amide bonds. The van der Waals surface area contributed by atoms with E-state index in [1.807, 2.05) is 36.4 Å². The van der Waals surface area contributed by atoms with Gasteiger partial charge in [0.05, 0.1) is 14.2 Å². The highest BCUT2D eigenvalue weighted by molar-refractivity contribution is 5.87. The summed E-state index contributed by atoms with van der Waals surface area (Å²) in [5.74, 6) is 0.875. The molecule has 4 nitrogen and oxygen atoms in total.